The predicted molar refractivity (Wildman–Crippen MR) is 56.4 cm³/mol. The Bertz CT molecular complexity index is 333. The van der Waals surface area contributed by atoms with E-state index >= 15 is 0 Å². The summed E-state index contributed by atoms with van der Waals surface area (Å²) >= 11 is 0. The molecule has 0 aromatic heterocycles. The van der Waals surface area contributed by atoms with E-state index in [0.29, 0.717) is 5.71 Å². The van der Waals surface area contributed by atoms with Gasteiger partial charge in [0.05, 0.1) is 0 Å². The van der Waals surface area contributed by atoms with Gasteiger partial charge >= 0.3 is 0 Å². The second-order valence-electron chi connectivity index (χ2n) is 4.84. The van der Waals surface area contributed by atoms with Gasteiger partial charge in [0.2, 0.25) is 5.66 Å². The second-order valence-corrected chi connectivity index (χ2v) is 4.84. The molecule has 6 nitrogen and oxygen atoms in total. The Kier molecular flexibility index (Phi) is 2.51. The molecule has 6 heteroatoms. The number of hydrogen-bond donors (Lipinski definition) is 0. The van der Waals surface area contributed by atoms with Crippen molar-refractivity contribution in [1.82, 2.24) is 4.90 Å². The summed E-state index contributed by atoms with van der Waals surface area (Å²) < 4.78 is 0.760. The second kappa shape index (κ2) is 3.16. The first kappa shape index (κ1) is 11.9. The SMILES string of the molecule is CN1C(C)(C)C(C[N+](=O)[O-])=[N+]([O-])C1(C)C. The maximum Gasteiger partial charge on any atom is 0.284 e. The molecular formula is C9H17N3O3. The average Bonchev–Trinajstić information content (AvgIpc) is 2.18. The van der Waals surface area contributed by atoms with Gasteiger partial charge in [-0.3, -0.25) is 10.1 Å². The Morgan fingerprint density at radius 3 is 2.13 bits per heavy atom. The molecule has 0 unspecified atom stereocenters. The molecule has 1 aliphatic rings. The zero-order valence-corrected chi connectivity index (χ0v) is 9.77. The standard InChI is InChI=1S/C9H17N3O3/c1-8(2)7(6-11(13)14)12(15)9(3,4)10(8)5/h6H2,1-5H3. The molecule has 1 rings (SSSR count). The minimum atomic E-state index is -0.727. The van der Waals surface area contributed by atoms with E-state index in [0.717, 1.165) is 4.74 Å². The first-order valence-electron chi connectivity index (χ1n) is 4.81. The molecule has 0 fully saturated rings. The van der Waals surface area contributed by atoms with Crippen molar-refractivity contribution in [3.8, 4) is 0 Å². The van der Waals surface area contributed by atoms with Crippen LogP contribution in [0.5, 0.6) is 0 Å². The lowest BCUT2D eigenvalue weighted by molar-refractivity contribution is -0.564. The first-order chi connectivity index (χ1) is 6.61. The number of rotatable bonds is 2. The molecule has 0 bridgehead atoms. The Morgan fingerprint density at radius 2 is 1.87 bits per heavy atom. The molecule has 0 aromatic carbocycles. The maximum atomic E-state index is 11.9. The van der Waals surface area contributed by atoms with E-state index in [-0.39, 0.29) is 0 Å². The Morgan fingerprint density at radius 1 is 1.40 bits per heavy atom. The largest absolute Gasteiger partial charge is 0.622 e. The minimum Gasteiger partial charge on any atom is -0.622 e. The third-order valence-electron chi connectivity index (χ3n) is 3.39. The van der Waals surface area contributed by atoms with E-state index in [4.69, 9.17) is 0 Å². The minimum absolute atomic E-state index is 0.306. The summed E-state index contributed by atoms with van der Waals surface area (Å²) in [5.74, 6) is 0. The number of hydrogen-bond acceptors (Lipinski definition) is 4. The summed E-state index contributed by atoms with van der Waals surface area (Å²) in [6.45, 7) is 6.77. The van der Waals surface area contributed by atoms with Gasteiger partial charge in [-0.1, -0.05) is 0 Å². The summed E-state index contributed by atoms with van der Waals surface area (Å²) in [5.41, 5.74) is -0.993. The van der Waals surface area contributed by atoms with Gasteiger partial charge in [-0.15, -0.1) is 0 Å². The van der Waals surface area contributed by atoms with Gasteiger partial charge in [-0.25, -0.2) is 4.90 Å². The van der Waals surface area contributed by atoms with Crippen molar-refractivity contribution in [2.24, 2.45) is 0 Å². The van der Waals surface area contributed by atoms with Gasteiger partial charge in [-0.2, -0.15) is 4.74 Å². The number of nitrogens with zero attached hydrogens (tertiary/aromatic N) is 3. The Balaban J connectivity index is 3.21. The van der Waals surface area contributed by atoms with Gasteiger partial charge in [-0.05, 0) is 20.9 Å². The van der Waals surface area contributed by atoms with Crippen molar-refractivity contribution in [2.45, 2.75) is 38.9 Å². The van der Waals surface area contributed by atoms with Crippen LogP contribution in [0.4, 0.5) is 0 Å². The summed E-state index contributed by atoms with van der Waals surface area (Å²) in [7, 11) is 1.80. The zero-order chi connectivity index (χ0) is 12.0. The molecule has 86 valence electrons. The fourth-order valence-electron chi connectivity index (χ4n) is 1.97. The molecule has 0 N–H and O–H groups in total. The molecule has 1 heterocycles. The summed E-state index contributed by atoms with van der Waals surface area (Å²) in [5, 5.41) is 22.4. The van der Waals surface area contributed by atoms with Crippen molar-refractivity contribution in [3.63, 3.8) is 0 Å². The van der Waals surface area contributed by atoms with Crippen LogP contribution in [0.2, 0.25) is 0 Å². The van der Waals surface area contributed by atoms with Gasteiger partial charge < -0.3 is 5.21 Å². The topological polar surface area (TPSA) is 72.4 Å². The molecule has 0 aromatic rings. The van der Waals surface area contributed by atoms with Gasteiger partial charge in [0, 0.05) is 18.8 Å². The monoisotopic (exact) mass is 215 g/mol. The van der Waals surface area contributed by atoms with Crippen LogP contribution in [-0.4, -0.2) is 45.1 Å². The highest BCUT2D eigenvalue weighted by molar-refractivity contribution is 5.91. The van der Waals surface area contributed by atoms with Crippen LogP contribution >= 0.6 is 0 Å². The molecule has 0 amide bonds. The van der Waals surface area contributed by atoms with Crippen molar-refractivity contribution >= 4 is 5.71 Å². The molecule has 0 saturated heterocycles. The van der Waals surface area contributed by atoms with Gasteiger partial charge in [0.1, 0.15) is 5.54 Å². The Labute approximate surface area is 88.9 Å². The van der Waals surface area contributed by atoms with Crippen molar-refractivity contribution in [2.75, 3.05) is 13.6 Å². The highest BCUT2D eigenvalue weighted by Crippen LogP contribution is 2.32. The lowest BCUT2D eigenvalue weighted by atomic mass is 9.97. The van der Waals surface area contributed by atoms with Crippen LogP contribution in [0.25, 0.3) is 0 Å². The molecule has 0 saturated carbocycles. The molecular weight excluding hydrogens is 198 g/mol. The van der Waals surface area contributed by atoms with Crippen LogP contribution in [0.1, 0.15) is 27.7 Å². The number of hydroxylamine groups is 1. The van der Waals surface area contributed by atoms with Crippen molar-refractivity contribution in [1.29, 1.82) is 0 Å². The molecule has 0 radical (unpaired) electrons. The molecule has 1 aliphatic heterocycles. The summed E-state index contributed by atoms with van der Waals surface area (Å²) in [4.78, 5) is 11.9. The van der Waals surface area contributed by atoms with Crippen LogP contribution in [0.3, 0.4) is 0 Å². The molecule has 0 spiro atoms. The fraction of sp³-hybridized carbons (Fsp3) is 0.889. The van der Waals surface area contributed by atoms with E-state index in [1.165, 1.54) is 0 Å². The average molecular weight is 215 g/mol. The van der Waals surface area contributed by atoms with E-state index < -0.39 is 22.7 Å². The first-order valence-corrected chi connectivity index (χ1v) is 4.81. The van der Waals surface area contributed by atoms with E-state index in [9.17, 15) is 15.3 Å². The highest BCUT2D eigenvalue weighted by Gasteiger charge is 2.55. The van der Waals surface area contributed by atoms with Crippen LogP contribution < -0.4 is 0 Å². The van der Waals surface area contributed by atoms with Gasteiger partial charge in [0.25, 0.3) is 12.3 Å². The number of nitro groups is 1. The molecule has 0 atom stereocenters. The summed E-state index contributed by atoms with van der Waals surface area (Å²) in [6.07, 6.45) is 0. The van der Waals surface area contributed by atoms with Crippen LogP contribution in [0.15, 0.2) is 0 Å². The normalized spacial score (nSPS) is 24.6. The predicted octanol–water partition coefficient (Wildman–Crippen LogP) is 0.675. The lowest BCUT2D eigenvalue weighted by Crippen LogP contribution is -2.51. The van der Waals surface area contributed by atoms with Gasteiger partial charge in [0.15, 0.2) is 0 Å². The fourth-order valence-corrected chi connectivity index (χ4v) is 1.97. The lowest BCUT2D eigenvalue weighted by Gasteiger charge is -2.32. The van der Waals surface area contributed by atoms with E-state index in [2.05, 4.69) is 0 Å². The molecule has 0 aliphatic carbocycles. The smallest absolute Gasteiger partial charge is 0.284 e. The van der Waals surface area contributed by atoms with Crippen molar-refractivity contribution in [3.05, 3.63) is 15.3 Å². The quantitative estimate of drug-likeness (QED) is 0.294. The van der Waals surface area contributed by atoms with E-state index in [1.54, 1.807) is 20.9 Å². The third kappa shape index (κ3) is 1.58. The van der Waals surface area contributed by atoms with Crippen LogP contribution in [-0.2, 0) is 0 Å². The third-order valence-corrected chi connectivity index (χ3v) is 3.39. The molecule has 15 heavy (non-hydrogen) atoms. The summed E-state index contributed by atoms with van der Waals surface area (Å²) in [6, 6.07) is 0. The van der Waals surface area contributed by atoms with Crippen LogP contribution in [0, 0.1) is 15.3 Å². The highest BCUT2D eigenvalue weighted by atomic mass is 16.6. The van der Waals surface area contributed by atoms with E-state index in [1.807, 2.05) is 18.7 Å². The van der Waals surface area contributed by atoms with Crippen molar-refractivity contribution < 1.29 is 9.66 Å². The zero-order valence-electron chi connectivity index (χ0n) is 9.77. The maximum absolute atomic E-state index is 11.9. The Hall–Kier alpha value is -1.17.